The number of pyridine rings is 1. The van der Waals surface area contributed by atoms with Gasteiger partial charge >= 0.3 is 0 Å². The van der Waals surface area contributed by atoms with Crippen molar-refractivity contribution in [2.45, 2.75) is 31.5 Å². The molecule has 2 aromatic rings. The predicted octanol–water partition coefficient (Wildman–Crippen LogP) is 4.43. The Morgan fingerprint density at radius 1 is 1.38 bits per heavy atom. The molecule has 4 rings (SSSR count). The van der Waals surface area contributed by atoms with E-state index in [-0.39, 0.29) is 22.9 Å². The van der Waals surface area contributed by atoms with Crippen LogP contribution >= 0.6 is 23.4 Å². The second-order valence-corrected chi connectivity index (χ2v) is 7.78. The Bertz CT molecular complexity index is 846. The van der Waals surface area contributed by atoms with Crippen LogP contribution in [0.3, 0.4) is 0 Å². The van der Waals surface area contributed by atoms with Crippen LogP contribution in [0.25, 0.3) is 0 Å². The molecular formula is C19H20ClN3O2S. The zero-order valence-electron chi connectivity index (χ0n) is 14.6. The van der Waals surface area contributed by atoms with Crippen molar-refractivity contribution in [3.8, 4) is 11.5 Å². The molecule has 3 atom stereocenters. The van der Waals surface area contributed by atoms with Crippen molar-refractivity contribution in [2.24, 2.45) is 4.99 Å². The fourth-order valence-corrected chi connectivity index (χ4v) is 5.19. The molecule has 0 bridgehead atoms. The Hall–Kier alpha value is -1.92. The number of aromatic hydroxyl groups is 1. The molecule has 5 nitrogen and oxygen atoms in total. The van der Waals surface area contributed by atoms with E-state index < -0.39 is 0 Å². The summed E-state index contributed by atoms with van der Waals surface area (Å²) in [5, 5.41) is 11.5. The summed E-state index contributed by atoms with van der Waals surface area (Å²) in [5.41, 5.74) is 1.90. The zero-order valence-corrected chi connectivity index (χ0v) is 16.2. The highest BCUT2D eigenvalue weighted by Crippen LogP contribution is 2.50. The second-order valence-electron chi connectivity index (χ2n) is 6.39. The molecule has 1 saturated heterocycles. The maximum absolute atomic E-state index is 10.1. The number of hydrogen-bond acceptors (Lipinski definition) is 6. The van der Waals surface area contributed by atoms with E-state index in [4.69, 9.17) is 21.3 Å². The Kier molecular flexibility index (Phi) is 4.71. The normalized spacial score (nSPS) is 24.5. The van der Waals surface area contributed by atoms with Crippen LogP contribution < -0.4 is 4.74 Å². The van der Waals surface area contributed by atoms with Gasteiger partial charge in [-0.25, -0.2) is 0 Å². The highest BCUT2D eigenvalue weighted by molar-refractivity contribution is 8.14. The van der Waals surface area contributed by atoms with Crippen LogP contribution in [0.2, 0.25) is 5.02 Å². The highest BCUT2D eigenvalue weighted by atomic mass is 35.5. The van der Waals surface area contributed by atoms with E-state index in [1.54, 1.807) is 18.0 Å². The van der Waals surface area contributed by atoms with Crippen LogP contribution in [0.15, 0.2) is 41.5 Å². The minimum Gasteiger partial charge on any atom is -0.503 e. The number of benzene rings is 1. The molecular weight excluding hydrogens is 370 g/mol. The Morgan fingerprint density at radius 3 is 2.92 bits per heavy atom. The third-order valence-electron chi connectivity index (χ3n) is 4.94. The molecule has 0 radical (unpaired) electrons. The van der Waals surface area contributed by atoms with Crippen molar-refractivity contribution in [3.63, 3.8) is 0 Å². The molecule has 1 aromatic heterocycles. The van der Waals surface area contributed by atoms with Gasteiger partial charge < -0.3 is 14.7 Å². The van der Waals surface area contributed by atoms with E-state index in [9.17, 15) is 5.11 Å². The number of ether oxygens (including phenoxy) is 1. The SMILES string of the molecule is CCC1CSC2=NC(c3ccccn3)C(c3cc(Cl)c(O)c(OC)c3)N21. The molecule has 1 aromatic carbocycles. The van der Waals surface area contributed by atoms with Gasteiger partial charge in [0.05, 0.1) is 23.9 Å². The predicted molar refractivity (Wildman–Crippen MR) is 105 cm³/mol. The molecule has 0 aliphatic carbocycles. The standard InChI is InChI=1S/C19H20ClN3O2S/c1-3-12-10-26-19-22-16(14-6-4-5-7-21-14)17(23(12)19)11-8-13(20)18(24)15(9-11)25-2/h4-9,12,16-17,24H,3,10H2,1-2H3. The van der Waals surface area contributed by atoms with Gasteiger partial charge in [0.1, 0.15) is 6.04 Å². The van der Waals surface area contributed by atoms with Crippen LogP contribution in [-0.2, 0) is 0 Å². The number of aromatic nitrogens is 1. The first-order valence-electron chi connectivity index (χ1n) is 8.60. The number of methoxy groups -OCH3 is 1. The average molecular weight is 390 g/mol. The molecule has 1 fully saturated rings. The van der Waals surface area contributed by atoms with Crippen LogP contribution in [0.5, 0.6) is 11.5 Å². The Balaban J connectivity index is 1.83. The maximum Gasteiger partial charge on any atom is 0.176 e. The molecule has 0 saturated carbocycles. The van der Waals surface area contributed by atoms with Gasteiger partial charge in [-0.1, -0.05) is 36.4 Å². The largest absolute Gasteiger partial charge is 0.503 e. The number of fused-ring (bicyclic) bond motifs is 1. The number of aliphatic imine (C=N–C) groups is 1. The topological polar surface area (TPSA) is 58.0 Å². The number of phenols is 1. The summed E-state index contributed by atoms with van der Waals surface area (Å²) < 4.78 is 5.32. The minimum atomic E-state index is -0.113. The molecule has 2 aliphatic heterocycles. The van der Waals surface area contributed by atoms with Crippen molar-refractivity contribution < 1.29 is 9.84 Å². The van der Waals surface area contributed by atoms with Crippen molar-refractivity contribution >= 4 is 28.5 Å². The first-order valence-corrected chi connectivity index (χ1v) is 9.96. The lowest BCUT2D eigenvalue weighted by molar-refractivity contribution is 0.254. The zero-order chi connectivity index (χ0) is 18.3. The first-order chi connectivity index (χ1) is 12.6. The highest BCUT2D eigenvalue weighted by Gasteiger charge is 2.45. The average Bonchev–Trinajstić information content (AvgIpc) is 3.23. The molecule has 26 heavy (non-hydrogen) atoms. The number of hydrogen-bond donors (Lipinski definition) is 1. The number of phenolic OH excluding ortho intramolecular Hbond substituents is 1. The third kappa shape index (κ3) is 2.81. The van der Waals surface area contributed by atoms with Crippen molar-refractivity contribution in [1.82, 2.24) is 9.88 Å². The molecule has 1 N–H and O–H groups in total. The summed E-state index contributed by atoms with van der Waals surface area (Å²) in [4.78, 5) is 11.9. The number of thioether (sulfide) groups is 1. The van der Waals surface area contributed by atoms with E-state index in [1.807, 2.05) is 30.3 Å². The maximum atomic E-state index is 10.1. The number of amidine groups is 1. The van der Waals surface area contributed by atoms with Gasteiger partial charge in [0.2, 0.25) is 0 Å². The fourth-order valence-electron chi connectivity index (χ4n) is 3.63. The van der Waals surface area contributed by atoms with E-state index in [1.165, 1.54) is 7.11 Å². The summed E-state index contributed by atoms with van der Waals surface area (Å²) in [6, 6.07) is 9.85. The molecule has 3 heterocycles. The molecule has 0 spiro atoms. The summed E-state index contributed by atoms with van der Waals surface area (Å²) in [6.07, 6.45) is 2.84. The summed E-state index contributed by atoms with van der Waals surface area (Å²) in [6.45, 7) is 2.20. The van der Waals surface area contributed by atoms with E-state index in [0.717, 1.165) is 28.6 Å². The van der Waals surface area contributed by atoms with Gasteiger partial charge in [-0.15, -0.1) is 0 Å². The molecule has 7 heteroatoms. The molecule has 0 amide bonds. The van der Waals surface area contributed by atoms with E-state index in [2.05, 4.69) is 16.8 Å². The summed E-state index contributed by atoms with van der Waals surface area (Å²) >= 11 is 8.07. The van der Waals surface area contributed by atoms with E-state index in [0.29, 0.717) is 11.8 Å². The molecule has 2 aliphatic rings. The number of rotatable bonds is 4. The van der Waals surface area contributed by atoms with E-state index >= 15 is 0 Å². The van der Waals surface area contributed by atoms with Crippen molar-refractivity contribution in [1.29, 1.82) is 0 Å². The van der Waals surface area contributed by atoms with Crippen molar-refractivity contribution in [3.05, 3.63) is 52.8 Å². The first kappa shape index (κ1) is 17.5. The quantitative estimate of drug-likeness (QED) is 0.838. The van der Waals surface area contributed by atoms with Crippen LogP contribution in [0, 0.1) is 0 Å². The van der Waals surface area contributed by atoms with Crippen molar-refractivity contribution in [2.75, 3.05) is 12.9 Å². The summed E-state index contributed by atoms with van der Waals surface area (Å²) in [7, 11) is 1.53. The number of halogens is 1. The van der Waals surface area contributed by atoms with Gasteiger partial charge in [0.15, 0.2) is 16.7 Å². The molecule has 136 valence electrons. The smallest absolute Gasteiger partial charge is 0.176 e. The van der Waals surface area contributed by atoms with Crippen LogP contribution in [0.1, 0.15) is 36.7 Å². The molecule has 3 unspecified atom stereocenters. The van der Waals surface area contributed by atoms with Gasteiger partial charge in [-0.2, -0.15) is 0 Å². The minimum absolute atomic E-state index is 0.0214. The van der Waals surface area contributed by atoms with Gasteiger partial charge in [-0.05, 0) is 36.2 Å². The second kappa shape index (κ2) is 7.00. The third-order valence-corrected chi connectivity index (χ3v) is 6.36. The van der Waals surface area contributed by atoms with Crippen LogP contribution in [-0.4, -0.2) is 39.1 Å². The lowest BCUT2D eigenvalue weighted by Crippen LogP contribution is -2.35. The lowest BCUT2D eigenvalue weighted by Gasteiger charge is -2.32. The van der Waals surface area contributed by atoms with Crippen LogP contribution in [0.4, 0.5) is 0 Å². The lowest BCUT2D eigenvalue weighted by atomic mass is 9.95. The Morgan fingerprint density at radius 2 is 2.23 bits per heavy atom. The fraction of sp³-hybridized carbons (Fsp3) is 0.368. The Labute approximate surface area is 162 Å². The van der Waals surface area contributed by atoms with Gasteiger partial charge in [0, 0.05) is 18.0 Å². The monoisotopic (exact) mass is 389 g/mol. The number of nitrogens with zero attached hydrogens (tertiary/aromatic N) is 3. The van der Waals surface area contributed by atoms with Gasteiger partial charge in [-0.3, -0.25) is 9.98 Å². The summed E-state index contributed by atoms with van der Waals surface area (Å²) in [5.74, 6) is 1.37. The van der Waals surface area contributed by atoms with Gasteiger partial charge in [0.25, 0.3) is 0 Å².